The Bertz CT molecular complexity index is 979. The van der Waals surface area contributed by atoms with E-state index in [9.17, 15) is 29.1 Å². The molecule has 1 rings (SSSR count). The van der Waals surface area contributed by atoms with Crippen LogP contribution in [-0.4, -0.2) is 81.3 Å². The number of imidazole rings is 1. The first-order valence-electron chi connectivity index (χ1n) is 12.1. The molecule has 38 heavy (non-hydrogen) atoms. The van der Waals surface area contributed by atoms with Crippen molar-refractivity contribution < 1.29 is 29.1 Å². The molecule has 0 bridgehead atoms. The van der Waals surface area contributed by atoms with E-state index in [0.717, 1.165) is 0 Å². The molecule has 1 aromatic rings. The number of nitrogens with two attached hydrogens (primary N) is 4. The molecule has 0 saturated heterocycles. The second-order valence-corrected chi connectivity index (χ2v) is 8.83. The summed E-state index contributed by atoms with van der Waals surface area (Å²) < 4.78 is 0. The van der Waals surface area contributed by atoms with Gasteiger partial charge in [-0.25, -0.2) is 9.78 Å². The number of guanidine groups is 1. The number of nitrogens with zero attached hydrogens (tertiary/aromatic N) is 2. The molecule has 5 unspecified atom stereocenters. The fourth-order valence-electron chi connectivity index (χ4n) is 3.32. The van der Waals surface area contributed by atoms with Crippen LogP contribution in [0.4, 0.5) is 0 Å². The number of aromatic amines is 1. The van der Waals surface area contributed by atoms with Crippen LogP contribution < -0.4 is 38.9 Å². The van der Waals surface area contributed by atoms with E-state index in [1.165, 1.54) is 12.5 Å². The van der Waals surface area contributed by atoms with Gasteiger partial charge in [0.1, 0.15) is 18.1 Å². The monoisotopic (exact) mass is 538 g/mol. The average Bonchev–Trinajstić information content (AvgIpc) is 3.36. The zero-order chi connectivity index (χ0) is 28.8. The number of carboxylic acids is 1. The van der Waals surface area contributed by atoms with Crippen molar-refractivity contribution in [3.63, 3.8) is 0 Å². The van der Waals surface area contributed by atoms with E-state index in [1.807, 2.05) is 6.92 Å². The van der Waals surface area contributed by atoms with Gasteiger partial charge in [0.2, 0.25) is 23.6 Å². The van der Waals surface area contributed by atoms with Gasteiger partial charge in [0, 0.05) is 24.9 Å². The van der Waals surface area contributed by atoms with Crippen LogP contribution in [0.5, 0.6) is 0 Å². The van der Waals surface area contributed by atoms with Crippen molar-refractivity contribution in [1.82, 2.24) is 25.9 Å². The number of carboxylic acid groups (broad SMARTS) is 1. The van der Waals surface area contributed by atoms with Crippen LogP contribution in [0.25, 0.3) is 0 Å². The van der Waals surface area contributed by atoms with Crippen LogP contribution in [0.1, 0.15) is 45.2 Å². The Morgan fingerprint density at radius 2 is 1.63 bits per heavy atom. The highest BCUT2D eigenvalue weighted by molar-refractivity contribution is 5.95. The predicted octanol–water partition coefficient (Wildman–Crippen LogP) is -3.21. The molecule has 0 saturated carbocycles. The first-order valence-corrected chi connectivity index (χ1v) is 12.1. The molecule has 16 heteroatoms. The normalized spacial score (nSPS) is 14.7. The van der Waals surface area contributed by atoms with Crippen molar-refractivity contribution in [2.75, 3.05) is 6.54 Å². The minimum Gasteiger partial charge on any atom is -0.480 e. The maximum absolute atomic E-state index is 13.3. The Morgan fingerprint density at radius 1 is 1.03 bits per heavy atom. The highest BCUT2D eigenvalue weighted by atomic mass is 16.4. The van der Waals surface area contributed by atoms with Gasteiger partial charge < -0.3 is 49.0 Å². The molecule has 4 amide bonds. The lowest BCUT2D eigenvalue weighted by molar-refractivity contribution is -0.143. The molecule has 16 nitrogen and oxygen atoms in total. The Kier molecular flexibility index (Phi) is 13.2. The lowest BCUT2D eigenvalue weighted by atomic mass is 9.98. The van der Waals surface area contributed by atoms with E-state index >= 15 is 0 Å². The van der Waals surface area contributed by atoms with Crippen molar-refractivity contribution in [2.45, 2.75) is 70.1 Å². The first-order chi connectivity index (χ1) is 17.8. The van der Waals surface area contributed by atoms with Gasteiger partial charge in [-0.1, -0.05) is 20.3 Å². The topological polar surface area (TPSA) is 287 Å². The summed E-state index contributed by atoms with van der Waals surface area (Å²) in [5.74, 6) is -4.86. The summed E-state index contributed by atoms with van der Waals surface area (Å²) in [5.41, 5.74) is 22.2. The summed E-state index contributed by atoms with van der Waals surface area (Å²) in [7, 11) is 0. The molecule has 0 aromatic carbocycles. The number of H-pyrrole nitrogens is 1. The van der Waals surface area contributed by atoms with Gasteiger partial charge in [0.05, 0.1) is 18.8 Å². The fourth-order valence-corrected chi connectivity index (χ4v) is 3.32. The number of nitrogens with one attached hydrogen (secondary N) is 4. The third kappa shape index (κ3) is 11.2. The number of rotatable bonds is 17. The molecule has 0 aliphatic heterocycles. The Labute approximate surface area is 219 Å². The van der Waals surface area contributed by atoms with Crippen molar-refractivity contribution in [3.8, 4) is 0 Å². The molecule has 0 radical (unpaired) electrons. The second kappa shape index (κ2) is 15.8. The number of aliphatic carboxylic acids is 1. The smallest absolute Gasteiger partial charge is 0.326 e. The minimum atomic E-state index is -1.61. The largest absolute Gasteiger partial charge is 0.480 e. The molecule has 0 aliphatic rings. The van der Waals surface area contributed by atoms with E-state index in [4.69, 9.17) is 22.9 Å². The Hall–Kier alpha value is -4.21. The second-order valence-electron chi connectivity index (χ2n) is 8.83. The standard InChI is InChI=1S/C22H38N10O6/c1-3-11(2)17(24)20(36)30-13(5-4-6-28-22(25)26)18(34)31-14(7-12-9-27-10-29-12)19(35)32-15(21(37)38)8-16(23)33/h9-11,13-15,17H,3-8,24H2,1-2H3,(H2,23,33)(H,27,29)(H,30,36)(H,31,34)(H,32,35)(H,37,38)(H4,25,26,28). The number of carbonyl (C=O) groups is 5. The molecule has 1 heterocycles. The van der Waals surface area contributed by atoms with Gasteiger partial charge in [-0.05, 0) is 18.8 Å². The van der Waals surface area contributed by atoms with Crippen LogP contribution in [-0.2, 0) is 30.4 Å². The van der Waals surface area contributed by atoms with Gasteiger partial charge in [-0.15, -0.1) is 0 Å². The highest BCUT2D eigenvalue weighted by Crippen LogP contribution is 2.08. The summed E-state index contributed by atoms with van der Waals surface area (Å²) in [4.78, 5) is 72.2. The van der Waals surface area contributed by atoms with Crippen molar-refractivity contribution in [1.29, 1.82) is 0 Å². The number of aromatic nitrogens is 2. The molecular weight excluding hydrogens is 500 g/mol. The van der Waals surface area contributed by atoms with E-state index < -0.39 is 60.2 Å². The number of hydrogen-bond donors (Lipinski definition) is 9. The van der Waals surface area contributed by atoms with Crippen LogP contribution in [0.2, 0.25) is 0 Å². The molecule has 0 aliphatic carbocycles. The Morgan fingerprint density at radius 3 is 2.16 bits per heavy atom. The number of primary amides is 1. The number of carbonyl (C=O) groups excluding carboxylic acids is 4. The summed E-state index contributed by atoms with van der Waals surface area (Å²) in [6, 6.07) is -4.88. The summed E-state index contributed by atoms with van der Waals surface area (Å²) in [5, 5.41) is 16.7. The van der Waals surface area contributed by atoms with Crippen LogP contribution in [0.15, 0.2) is 17.5 Å². The van der Waals surface area contributed by atoms with Gasteiger partial charge in [0.25, 0.3) is 0 Å². The summed E-state index contributed by atoms with van der Waals surface area (Å²) in [6.07, 6.45) is 3.10. The van der Waals surface area contributed by atoms with Crippen molar-refractivity contribution in [3.05, 3.63) is 18.2 Å². The lowest BCUT2D eigenvalue weighted by Gasteiger charge is -2.26. The summed E-state index contributed by atoms with van der Waals surface area (Å²) in [6.45, 7) is 3.86. The zero-order valence-electron chi connectivity index (χ0n) is 21.5. The SMILES string of the molecule is CCC(C)C(N)C(=O)NC(CCCN=C(N)N)C(=O)NC(Cc1cnc[nH]1)C(=O)NC(CC(N)=O)C(=O)O. The van der Waals surface area contributed by atoms with Crippen molar-refractivity contribution in [2.24, 2.45) is 33.8 Å². The van der Waals surface area contributed by atoms with Gasteiger partial charge in [-0.3, -0.25) is 24.2 Å². The van der Waals surface area contributed by atoms with E-state index in [0.29, 0.717) is 18.5 Å². The molecular formula is C22H38N10O6. The van der Waals surface area contributed by atoms with Gasteiger partial charge in [0.15, 0.2) is 5.96 Å². The zero-order valence-corrected chi connectivity index (χ0v) is 21.5. The lowest BCUT2D eigenvalue weighted by Crippen LogP contribution is -2.58. The fraction of sp³-hybridized carbons (Fsp3) is 0.591. The molecule has 5 atom stereocenters. The van der Waals surface area contributed by atoms with Gasteiger partial charge in [-0.2, -0.15) is 0 Å². The maximum atomic E-state index is 13.3. The van der Waals surface area contributed by atoms with E-state index in [2.05, 4.69) is 30.9 Å². The minimum absolute atomic E-state index is 0.0957. The number of hydrogen-bond acceptors (Lipinski definition) is 8. The van der Waals surface area contributed by atoms with E-state index in [1.54, 1.807) is 6.92 Å². The molecule has 0 fully saturated rings. The average molecular weight is 539 g/mol. The first kappa shape index (κ1) is 31.8. The maximum Gasteiger partial charge on any atom is 0.326 e. The van der Waals surface area contributed by atoms with Crippen molar-refractivity contribution >= 4 is 35.6 Å². The third-order valence-corrected chi connectivity index (χ3v) is 5.77. The Balaban J connectivity index is 3.13. The number of aliphatic imine (C=N–C) groups is 1. The van der Waals surface area contributed by atoms with Crippen LogP contribution in [0, 0.1) is 5.92 Å². The van der Waals surface area contributed by atoms with Crippen LogP contribution in [0.3, 0.4) is 0 Å². The molecule has 13 N–H and O–H groups in total. The quantitative estimate of drug-likeness (QED) is 0.0543. The predicted molar refractivity (Wildman–Crippen MR) is 137 cm³/mol. The molecule has 0 spiro atoms. The highest BCUT2D eigenvalue weighted by Gasteiger charge is 2.31. The van der Waals surface area contributed by atoms with Crippen LogP contribution >= 0.6 is 0 Å². The molecule has 1 aromatic heterocycles. The summed E-state index contributed by atoms with van der Waals surface area (Å²) >= 11 is 0. The van der Waals surface area contributed by atoms with E-state index in [-0.39, 0.29) is 31.3 Å². The third-order valence-electron chi connectivity index (χ3n) is 5.77. The molecule has 212 valence electrons. The number of amides is 4. The van der Waals surface area contributed by atoms with Gasteiger partial charge >= 0.3 is 5.97 Å².